The molecule has 0 bridgehead atoms. The predicted molar refractivity (Wildman–Crippen MR) is 62.5 cm³/mol. The van der Waals surface area contributed by atoms with Crippen LogP contribution in [0, 0.1) is 12.3 Å². The molecule has 1 aromatic carbocycles. The van der Waals surface area contributed by atoms with Crippen molar-refractivity contribution in [1.82, 2.24) is 4.90 Å². The largest absolute Gasteiger partial charge is 0.465 e. The van der Waals surface area contributed by atoms with Gasteiger partial charge >= 0.3 is 6.09 Å². The molecule has 0 saturated heterocycles. The van der Waals surface area contributed by atoms with Gasteiger partial charge in [-0.3, -0.25) is 4.90 Å². The Bertz CT molecular complexity index is 500. The molecule has 0 aromatic heterocycles. The van der Waals surface area contributed by atoms with Gasteiger partial charge in [0.25, 0.3) is 0 Å². The van der Waals surface area contributed by atoms with Gasteiger partial charge in [-0.05, 0) is 11.1 Å². The highest BCUT2D eigenvalue weighted by Gasteiger charge is 2.12. The Balaban J connectivity index is 2.97. The third-order valence-electron chi connectivity index (χ3n) is 2.06. The molecule has 1 N–H and O–H groups in total. The summed E-state index contributed by atoms with van der Waals surface area (Å²) in [5, 5.41) is 12.4. The van der Waals surface area contributed by atoms with Crippen LogP contribution in [0.15, 0.2) is 29.4 Å². The van der Waals surface area contributed by atoms with Crippen molar-refractivity contribution in [2.45, 2.75) is 6.54 Å². The number of carbonyl (C=O) groups is 1. The topological polar surface area (TPSA) is 89.3 Å². The van der Waals surface area contributed by atoms with Gasteiger partial charge in [-0.1, -0.05) is 35.3 Å². The lowest BCUT2D eigenvalue weighted by Crippen LogP contribution is -2.29. The highest BCUT2D eigenvalue weighted by Crippen LogP contribution is 2.20. The standard InChI is InChI=1S/C11H10N4O2/c1-2-7-15(11(16)17)8-9-5-3-4-6-10(9)13-14-12/h1,3-6H,7-8H2,(H,16,17). The van der Waals surface area contributed by atoms with Crippen LogP contribution in [0.25, 0.3) is 10.4 Å². The van der Waals surface area contributed by atoms with Crippen molar-refractivity contribution >= 4 is 11.8 Å². The summed E-state index contributed by atoms with van der Waals surface area (Å²) in [5.41, 5.74) is 9.40. The second kappa shape index (κ2) is 6.05. The number of rotatable bonds is 4. The minimum Gasteiger partial charge on any atom is -0.465 e. The van der Waals surface area contributed by atoms with Crippen LogP contribution in [-0.2, 0) is 6.54 Å². The Kier molecular flexibility index (Phi) is 4.43. The lowest BCUT2D eigenvalue weighted by atomic mass is 10.1. The minimum absolute atomic E-state index is 0.0140. The first-order valence-electron chi connectivity index (χ1n) is 4.73. The van der Waals surface area contributed by atoms with Crippen LogP contribution >= 0.6 is 0 Å². The van der Waals surface area contributed by atoms with E-state index in [0.29, 0.717) is 11.3 Å². The molecule has 1 amide bonds. The van der Waals surface area contributed by atoms with E-state index in [-0.39, 0.29) is 13.1 Å². The summed E-state index contributed by atoms with van der Waals surface area (Å²) in [6, 6.07) is 6.75. The molecule has 0 saturated carbocycles. The number of hydrogen-bond donors (Lipinski definition) is 1. The van der Waals surface area contributed by atoms with Gasteiger partial charge in [-0.15, -0.1) is 6.42 Å². The van der Waals surface area contributed by atoms with E-state index in [1.807, 2.05) is 0 Å². The Morgan fingerprint density at radius 1 is 1.59 bits per heavy atom. The third-order valence-corrected chi connectivity index (χ3v) is 2.06. The zero-order valence-corrected chi connectivity index (χ0v) is 8.95. The second-order valence-corrected chi connectivity index (χ2v) is 3.16. The van der Waals surface area contributed by atoms with Crippen molar-refractivity contribution in [3.8, 4) is 12.3 Å². The Hall–Kier alpha value is -2.64. The molecule has 0 aliphatic rings. The maximum Gasteiger partial charge on any atom is 0.408 e. The van der Waals surface area contributed by atoms with E-state index < -0.39 is 6.09 Å². The molecule has 6 nitrogen and oxygen atoms in total. The highest BCUT2D eigenvalue weighted by molar-refractivity contribution is 5.66. The summed E-state index contributed by atoms with van der Waals surface area (Å²) in [5.74, 6) is 2.26. The molecule has 0 heterocycles. The van der Waals surface area contributed by atoms with Gasteiger partial charge < -0.3 is 5.11 Å². The smallest absolute Gasteiger partial charge is 0.408 e. The van der Waals surface area contributed by atoms with Crippen LogP contribution in [0.4, 0.5) is 10.5 Å². The summed E-state index contributed by atoms with van der Waals surface area (Å²) < 4.78 is 0. The number of terminal acetylenes is 1. The van der Waals surface area contributed by atoms with E-state index in [2.05, 4.69) is 15.9 Å². The fourth-order valence-electron chi connectivity index (χ4n) is 1.30. The van der Waals surface area contributed by atoms with E-state index >= 15 is 0 Å². The fraction of sp³-hybridized carbons (Fsp3) is 0.182. The lowest BCUT2D eigenvalue weighted by molar-refractivity contribution is 0.148. The van der Waals surface area contributed by atoms with Crippen LogP contribution in [-0.4, -0.2) is 22.6 Å². The van der Waals surface area contributed by atoms with Crippen LogP contribution in [0.2, 0.25) is 0 Å². The molecule has 0 aliphatic heterocycles. The summed E-state index contributed by atoms with van der Waals surface area (Å²) in [6.07, 6.45) is 3.97. The molecule has 0 spiro atoms. The van der Waals surface area contributed by atoms with E-state index in [9.17, 15) is 4.79 Å². The molecule has 0 radical (unpaired) electrons. The average molecular weight is 230 g/mol. The first-order chi connectivity index (χ1) is 8.19. The SMILES string of the molecule is C#CCN(Cc1ccccc1N=[N+]=[N-])C(=O)O. The second-order valence-electron chi connectivity index (χ2n) is 3.16. The Labute approximate surface area is 98.1 Å². The maximum absolute atomic E-state index is 10.9. The van der Waals surface area contributed by atoms with Crippen molar-refractivity contribution < 1.29 is 9.90 Å². The van der Waals surface area contributed by atoms with Crippen molar-refractivity contribution in [2.24, 2.45) is 5.11 Å². The molecule has 0 aliphatic carbocycles. The highest BCUT2D eigenvalue weighted by atomic mass is 16.4. The quantitative estimate of drug-likeness (QED) is 0.373. The monoisotopic (exact) mass is 230 g/mol. The average Bonchev–Trinajstić information content (AvgIpc) is 2.31. The summed E-state index contributed by atoms with van der Waals surface area (Å²) in [6.45, 7) is 0.0780. The predicted octanol–water partition coefficient (Wildman–Crippen LogP) is 2.74. The van der Waals surface area contributed by atoms with Gasteiger partial charge in [0, 0.05) is 10.6 Å². The Morgan fingerprint density at radius 3 is 2.88 bits per heavy atom. The normalized spacial score (nSPS) is 8.88. The molecule has 0 fully saturated rings. The summed E-state index contributed by atoms with van der Waals surface area (Å²) in [4.78, 5) is 14.6. The molecular weight excluding hydrogens is 220 g/mol. The van der Waals surface area contributed by atoms with E-state index in [4.69, 9.17) is 17.1 Å². The molecular formula is C11H10N4O2. The molecule has 6 heteroatoms. The number of benzene rings is 1. The fourth-order valence-corrected chi connectivity index (χ4v) is 1.30. The molecule has 86 valence electrons. The van der Waals surface area contributed by atoms with Crippen molar-refractivity contribution in [3.63, 3.8) is 0 Å². The van der Waals surface area contributed by atoms with E-state index in [1.165, 1.54) is 0 Å². The van der Waals surface area contributed by atoms with Crippen molar-refractivity contribution in [3.05, 3.63) is 40.3 Å². The van der Waals surface area contributed by atoms with Gasteiger partial charge in [-0.25, -0.2) is 4.79 Å². The zero-order chi connectivity index (χ0) is 12.7. The van der Waals surface area contributed by atoms with Crippen LogP contribution in [0.3, 0.4) is 0 Å². The van der Waals surface area contributed by atoms with Gasteiger partial charge in [0.2, 0.25) is 0 Å². The molecule has 0 atom stereocenters. The van der Waals surface area contributed by atoms with Gasteiger partial charge in [-0.2, -0.15) is 0 Å². The number of azide groups is 1. The van der Waals surface area contributed by atoms with E-state index in [0.717, 1.165) is 4.90 Å². The molecule has 1 rings (SSSR count). The molecule has 1 aromatic rings. The zero-order valence-electron chi connectivity index (χ0n) is 8.95. The first kappa shape index (κ1) is 12.4. The number of hydrogen-bond acceptors (Lipinski definition) is 2. The van der Waals surface area contributed by atoms with Gasteiger partial charge in [0.05, 0.1) is 13.1 Å². The van der Waals surface area contributed by atoms with Crippen LogP contribution in [0.5, 0.6) is 0 Å². The van der Waals surface area contributed by atoms with Crippen LogP contribution in [0.1, 0.15) is 5.56 Å². The summed E-state index contributed by atoms with van der Waals surface area (Å²) in [7, 11) is 0. The Morgan fingerprint density at radius 2 is 2.29 bits per heavy atom. The summed E-state index contributed by atoms with van der Waals surface area (Å²) >= 11 is 0. The van der Waals surface area contributed by atoms with Crippen molar-refractivity contribution in [2.75, 3.05) is 6.54 Å². The van der Waals surface area contributed by atoms with Gasteiger partial charge in [0.15, 0.2) is 0 Å². The third kappa shape index (κ3) is 3.45. The lowest BCUT2D eigenvalue weighted by Gasteiger charge is -2.17. The van der Waals surface area contributed by atoms with E-state index in [1.54, 1.807) is 24.3 Å². The minimum atomic E-state index is -1.11. The number of nitrogens with zero attached hydrogens (tertiary/aromatic N) is 4. The molecule has 17 heavy (non-hydrogen) atoms. The van der Waals surface area contributed by atoms with Crippen LogP contribution < -0.4 is 0 Å². The maximum atomic E-state index is 10.9. The first-order valence-corrected chi connectivity index (χ1v) is 4.73. The number of carboxylic acid groups (broad SMARTS) is 1. The number of amides is 1. The molecule has 0 unspecified atom stereocenters. The van der Waals surface area contributed by atoms with Crippen molar-refractivity contribution in [1.29, 1.82) is 0 Å². The van der Waals surface area contributed by atoms with Gasteiger partial charge in [0.1, 0.15) is 0 Å².